The molecule has 2 aromatic carbocycles. The van der Waals surface area contributed by atoms with E-state index < -0.39 is 0 Å². The van der Waals surface area contributed by atoms with E-state index in [2.05, 4.69) is 5.32 Å². The molecular formula is C17H14FNO3S. The summed E-state index contributed by atoms with van der Waals surface area (Å²) >= 11 is 1.24. The van der Waals surface area contributed by atoms with Crippen molar-refractivity contribution >= 4 is 33.0 Å². The average molecular weight is 331 g/mol. The Kier molecular flexibility index (Phi) is 4.16. The third-order valence-electron chi connectivity index (χ3n) is 3.39. The van der Waals surface area contributed by atoms with Crippen LogP contribution in [0.5, 0.6) is 11.5 Å². The summed E-state index contributed by atoms with van der Waals surface area (Å²) in [6.07, 6.45) is 0. The van der Waals surface area contributed by atoms with Crippen LogP contribution in [-0.2, 0) is 0 Å². The molecule has 0 spiro atoms. The summed E-state index contributed by atoms with van der Waals surface area (Å²) in [4.78, 5) is 12.9. The minimum Gasteiger partial charge on any atom is -0.497 e. The Hall–Kier alpha value is -2.60. The molecule has 4 nitrogen and oxygen atoms in total. The number of benzene rings is 2. The molecule has 1 N–H and O–H groups in total. The van der Waals surface area contributed by atoms with Crippen molar-refractivity contribution in [3.05, 3.63) is 53.2 Å². The van der Waals surface area contributed by atoms with Crippen LogP contribution in [0, 0.1) is 5.82 Å². The Morgan fingerprint density at radius 2 is 1.96 bits per heavy atom. The van der Waals surface area contributed by atoms with Crippen LogP contribution in [0.3, 0.4) is 0 Å². The van der Waals surface area contributed by atoms with Crippen LogP contribution < -0.4 is 14.8 Å². The molecule has 118 valence electrons. The van der Waals surface area contributed by atoms with Gasteiger partial charge in [0.15, 0.2) is 0 Å². The number of amides is 1. The molecule has 3 rings (SSSR count). The van der Waals surface area contributed by atoms with Crippen molar-refractivity contribution in [2.75, 3.05) is 19.5 Å². The molecule has 1 amide bonds. The second kappa shape index (κ2) is 6.26. The molecule has 1 heterocycles. The summed E-state index contributed by atoms with van der Waals surface area (Å²) in [5, 5.41) is 3.22. The third-order valence-corrected chi connectivity index (χ3v) is 4.49. The third kappa shape index (κ3) is 2.98. The number of thiophene rings is 1. The van der Waals surface area contributed by atoms with Crippen molar-refractivity contribution in [2.45, 2.75) is 0 Å². The first-order valence-electron chi connectivity index (χ1n) is 6.84. The number of carbonyl (C=O) groups excluding carboxylic acids is 1. The van der Waals surface area contributed by atoms with Crippen molar-refractivity contribution in [1.82, 2.24) is 0 Å². The van der Waals surface area contributed by atoms with Gasteiger partial charge in [-0.05, 0) is 30.3 Å². The largest absolute Gasteiger partial charge is 0.497 e. The van der Waals surface area contributed by atoms with Crippen LogP contribution in [0.1, 0.15) is 9.67 Å². The normalized spacial score (nSPS) is 10.6. The molecular weight excluding hydrogens is 317 g/mol. The SMILES string of the molecule is COc1ccc(OC)c(NC(=O)c2cc3c(F)cccc3s2)c1. The van der Waals surface area contributed by atoms with Gasteiger partial charge in [0, 0.05) is 16.2 Å². The van der Waals surface area contributed by atoms with E-state index in [1.165, 1.54) is 24.5 Å². The van der Waals surface area contributed by atoms with Crippen molar-refractivity contribution in [3.8, 4) is 11.5 Å². The number of hydrogen-bond acceptors (Lipinski definition) is 4. The van der Waals surface area contributed by atoms with Gasteiger partial charge in [0.25, 0.3) is 5.91 Å². The highest BCUT2D eigenvalue weighted by molar-refractivity contribution is 7.20. The van der Waals surface area contributed by atoms with E-state index >= 15 is 0 Å². The fraction of sp³-hybridized carbons (Fsp3) is 0.118. The quantitative estimate of drug-likeness (QED) is 0.775. The Balaban J connectivity index is 1.93. The number of ether oxygens (including phenoxy) is 2. The van der Waals surface area contributed by atoms with E-state index in [1.807, 2.05) is 0 Å². The summed E-state index contributed by atoms with van der Waals surface area (Å²) in [7, 11) is 3.06. The van der Waals surface area contributed by atoms with Crippen LogP contribution in [0.2, 0.25) is 0 Å². The van der Waals surface area contributed by atoms with Crippen molar-refractivity contribution < 1.29 is 18.7 Å². The monoisotopic (exact) mass is 331 g/mol. The predicted molar refractivity (Wildman–Crippen MR) is 89.3 cm³/mol. The number of rotatable bonds is 4. The summed E-state index contributed by atoms with van der Waals surface area (Å²) in [6.45, 7) is 0. The highest BCUT2D eigenvalue weighted by atomic mass is 32.1. The van der Waals surface area contributed by atoms with Gasteiger partial charge in [0.1, 0.15) is 17.3 Å². The molecule has 0 radical (unpaired) electrons. The lowest BCUT2D eigenvalue weighted by Gasteiger charge is -2.11. The number of hydrogen-bond donors (Lipinski definition) is 1. The van der Waals surface area contributed by atoms with Gasteiger partial charge in [-0.2, -0.15) is 0 Å². The molecule has 3 aromatic rings. The number of halogens is 1. The van der Waals surface area contributed by atoms with E-state index in [0.29, 0.717) is 27.4 Å². The lowest BCUT2D eigenvalue weighted by molar-refractivity contribution is 0.103. The van der Waals surface area contributed by atoms with Gasteiger partial charge in [-0.1, -0.05) is 6.07 Å². The van der Waals surface area contributed by atoms with Gasteiger partial charge in [0.05, 0.1) is 24.8 Å². The molecule has 0 aliphatic carbocycles. The molecule has 0 bridgehead atoms. The maximum atomic E-state index is 13.7. The molecule has 0 unspecified atom stereocenters. The molecule has 23 heavy (non-hydrogen) atoms. The number of nitrogens with one attached hydrogen (secondary N) is 1. The van der Waals surface area contributed by atoms with Crippen molar-refractivity contribution in [2.24, 2.45) is 0 Å². The number of methoxy groups -OCH3 is 2. The zero-order valence-corrected chi connectivity index (χ0v) is 13.4. The molecule has 1 aromatic heterocycles. The second-order valence-corrected chi connectivity index (χ2v) is 5.87. The first kappa shape index (κ1) is 15.3. The minimum atomic E-state index is -0.336. The molecule has 6 heteroatoms. The highest BCUT2D eigenvalue weighted by Gasteiger charge is 2.15. The van der Waals surface area contributed by atoms with Gasteiger partial charge < -0.3 is 14.8 Å². The molecule has 0 aliphatic heterocycles. The average Bonchev–Trinajstić information content (AvgIpc) is 3.00. The molecule has 0 aliphatic rings. The zero-order chi connectivity index (χ0) is 16.4. The lowest BCUT2D eigenvalue weighted by atomic mass is 10.2. The van der Waals surface area contributed by atoms with Crippen LogP contribution in [-0.4, -0.2) is 20.1 Å². The van der Waals surface area contributed by atoms with E-state index in [0.717, 1.165) is 4.70 Å². The fourth-order valence-corrected chi connectivity index (χ4v) is 3.20. The standard InChI is InChI=1S/C17H14FNO3S/c1-21-10-6-7-14(22-2)13(8-10)19-17(20)16-9-11-12(18)4-3-5-15(11)23-16/h3-9H,1-2H3,(H,19,20). The van der Waals surface area contributed by atoms with Gasteiger partial charge in [0.2, 0.25) is 0 Å². The number of carbonyl (C=O) groups is 1. The lowest BCUT2D eigenvalue weighted by Crippen LogP contribution is -2.11. The van der Waals surface area contributed by atoms with Crippen molar-refractivity contribution in [3.63, 3.8) is 0 Å². The first-order valence-corrected chi connectivity index (χ1v) is 7.65. The van der Waals surface area contributed by atoms with Crippen molar-refractivity contribution in [1.29, 1.82) is 0 Å². The Morgan fingerprint density at radius 3 is 2.65 bits per heavy atom. The number of fused-ring (bicyclic) bond motifs is 1. The highest BCUT2D eigenvalue weighted by Crippen LogP contribution is 2.31. The van der Waals surface area contributed by atoms with E-state index in [-0.39, 0.29) is 11.7 Å². The van der Waals surface area contributed by atoms with E-state index in [9.17, 15) is 9.18 Å². The Labute approximate surface area is 136 Å². The van der Waals surface area contributed by atoms with Gasteiger partial charge in [-0.25, -0.2) is 4.39 Å². The van der Waals surface area contributed by atoms with Crippen LogP contribution in [0.25, 0.3) is 10.1 Å². The summed E-state index contributed by atoms with van der Waals surface area (Å²) in [5.74, 6) is 0.462. The van der Waals surface area contributed by atoms with Crippen LogP contribution >= 0.6 is 11.3 Å². The Morgan fingerprint density at radius 1 is 1.13 bits per heavy atom. The minimum absolute atomic E-state index is 0.322. The first-order chi connectivity index (χ1) is 11.1. The summed E-state index contributed by atoms with van der Waals surface area (Å²) in [5.41, 5.74) is 0.495. The molecule has 0 atom stereocenters. The summed E-state index contributed by atoms with van der Waals surface area (Å²) in [6, 6.07) is 11.5. The van der Waals surface area contributed by atoms with Gasteiger partial charge in [-0.3, -0.25) is 4.79 Å². The maximum Gasteiger partial charge on any atom is 0.265 e. The van der Waals surface area contributed by atoms with Crippen LogP contribution in [0.15, 0.2) is 42.5 Å². The smallest absolute Gasteiger partial charge is 0.265 e. The van der Waals surface area contributed by atoms with Gasteiger partial charge >= 0.3 is 0 Å². The molecule has 0 fully saturated rings. The Bertz CT molecular complexity index is 875. The molecule has 0 saturated heterocycles. The predicted octanol–water partition coefficient (Wildman–Crippen LogP) is 4.31. The topological polar surface area (TPSA) is 47.6 Å². The van der Waals surface area contributed by atoms with Crippen LogP contribution in [0.4, 0.5) is 10.1 Å². The zero-order valence-electron chi connectivity index (χ0n) is 12.6. The maximum absolute atomic E-state index is 13.7. The fourth-order valence-electron chi connectivity index (χ4n) is 2.23. The summed E-state index contributed by atoms with van der Waals surface area (Å²) < 4.78 is 24.9. The van der Waals surface area contributed by atoms with E-state index in [1.54, 1.807) is 43.5 Å². The second-order valence-electron chi connectivity index (χ2n) is 4.78. The van der Waals surface area contributed by atoms with Gasteiger partial charge in [-0.15, -0.1) is 11.3 Å². The van der Waals surface area contributed by atoms with E-state index in [4.69, 9.17) is 9.47 Å². The molecule has 0 saturated carbocycles. The number of anilines is 1.